The van der Waals surface area contributed by atoms with E-state index in [0.29, 0.717) is 23.2 Å². The van der Waals surface area contributed by atoms with Crippen LogP contribution in [0.1, 0.15) is 47.8 Å². The van der Waals surface area contributed by atoms with Crippen molar-refractivity contribution in [2.24, 2.45) is 0 Å². The van der Waals surface area contributed by atoms with E-state index in [9.17, 15) is 15.0 Å². The summed E-state index contributed by atoms with van der Waals surface area (Å²) >= 11 is 0. The van der Waals surface area contributed by atoms with Crippen molar-refractivity contribution in [1.29, 1.82) is 0 Å². The smallest absolute Gasteiger partial charge is 0.274 e. The number of piperidine rings is 1. The summed E-state index contributed by atoms with van der Waals surface area (Å²) < 4.78 is 5.73. The molecule has 1 aliphatic heterocycles. The van der Waals surface area contributed by atoms with E-state index in [2.05, 4.69) is 27.5 Å². The molecule has 0 atom stereocenters. The minimum atomic E-state index is -0.355. The fourth-order valence-electron chi connectivity index (χ4n) is 5.02. The molecule has 4 aromatic rings. The number of nitrogens with one attached hydrogen (secondary N) is 1. The zero-order valence-corrected chi connectivity index (χ0v) is 21.8. The molecule has 0 saturated carbocycles. The maximum atomic E-state index is 12.9. The summed E-state index contributed by atoms with van der Waals surface area (Å²) in [5, 5.41) is 28.4. The first-order valence-electron chi connectivity index (χ1n) is 13.2. The Morgan fingerprint density at radius 1 is 0.921 bits per heavy atom. The van der Waals surface area contributed by atoms with Gasteiger partial charge in [-0.15, -0.1) is 0 Å². The molecule has 0 radical (unpaired) electrons. The van der Waals surface area contributed by atoms with E-state index in [1.165, 1.54) is 30.9 Å². The summed E-state index contributed by atoms with van der Waals surface area (Å²) in [4.78, 5) is 15.4. The lowest BCUT2D eigenvalue weighted by atomic mass is 9.94. The van der Waals surface area contributed by atoms with E-state index in [0.717, 1.165) is 36.3 Å². The first kappa shape index (κ1) is 25.5. The molecule has 0 unspecified atom stereocenters. The van der Waals surface area contributed by atoms with E-state index in [4.69, 9.17) is 4.52 Å². The molecular weight excluding hydrogens is 478 g/mol. The largest absolute Gasteiger partial charge is 0.507 e. The summed E-state index contributed by atoms with van der Waals surface area (Å²) in [5.74, 6) is -0.310. The monoisotopic (exact) mass is 511 g/mol. The average molecular weight is 512 g/mol. The summed E-state index contributed by atoms with van der Waals surface area (Å²) in [7, 11) is 0. The Morgan fingerprint density at radius 3 is 2.26 bits per heavy atom. The molecule has 1 aromatic heterocycles. The fraction of sp³-hybridized carbons (Fsp3) is 0.290. The molecule has 0 spiro atoms. The number of carbonyl (C=O) groups excluding carboxylic acids is 1. The lowest BCUT2D eigenvalue weighted by Crippen LogP contribution is -2.29. The lowest BCUT2D eigenvalue weighted by molar-refractivity contribution is 0.0947. The van der Waals surface area contributed by atoms with Crippen molar-refractivity contribution in [3.05, 3.63) is 77.5 Å². The molecule has 3 aromatic carbocycles. The van der Waals surface area contributed by atoms with E-state index in [1.54, 1.807) is 6.07 Å². The number of carbonyl (C=O) groups is 1. The maximum Gasteiger partial charge on any atom is 0.274 e. The van der Waals surface area contributed by atoms with Crippen molar-refractivity contribution in [2.45, 2.75) is 39.7 Å². The number of rotatable bonds is 7. The number of hydrogen-bond donors (Lipinski definition) is 3. The van der Waals surface area contributed by atoms with Crippen molar-refractivity contribution < 1.29 is 19.5 Å². The molecular formula is C31H33N3O4. The van der Waals surface area contributed by atoms with Gasteiger partial charge in [0.05, 0.1) is 11.1 Å². The van der Waals surface area contributed by atoms with Gasteiger partial charge >= 0.3 is 0 Å². The minimum Gasteiger partial charge on any atom is -0.507 e. The average Bonchev–Trinajstić information content (AvgIpc) is 3.36. The Bertz CT molecular complexity index is 1420. The van der Waals surface area contributed by atoms with Crippen LogP contribution < -0.4 is 5.32 Å². The number of aromatic nitrogens is 1. The minimum absolute atomic E-state index is 0.0535. The zero-order chi connectivity index (χ0) is 26.6. The predicted octanol–water partition coefficient (Wildman–Crippen LogP) is 6.13. The molecule has 38 heavy (non-hydrogen) atoms. The number of phenolic OH excluding ortho intramolecular Hbond substituents is 2. The number of nitrogens with zero attached hydrogens (tertiary/aromatic N) is 2. The number of aryl methyl sites for hydroxylation is 1. The molecule has 196 valence electrons. The molecule has 3 N–H and O–H groups in total. The van der Waals surface area contributed by atoms with Gasteiger partial charge in [0.1, 0.15) is 11.5 Å². The molecule has 1 saturated heterocycles. The highest BCUT2D eigenvalue weighted by Gasteiger charge is 2.27. The number of amides is 1. The summed E-state index contributed by atoms with van der Waals surface area (Å²) in [6, 6.07) is 18.8. The van der Waals surface area contributed by atoms with Crippen molar-refractivity contribution in [2.75, 3.05) is 19.6 Å². The number of likely N-dealkylation sites (tertiary alicyclic amines) is 1. The van der Waals surface area contributed by atoms with Crippen molar-refractivity contribution in [3.8, 4) is 45.1 Å². The van der Waals surface area contributed by atoms with Crippen molar-refractivity contribution in [3.63, 3.8) is 0 Å². The van der Waals surface area contributed by atoms with Crippen LogP contribution in [0.5, 0.6) is 11.5 Å². The highest BCUT2D eigenvalue weighted by molar-refractivity contribution is 6.03. The first-order valence-corrected chi connectivity index (χ1v) is 13.2. The molecule has 7 heteroatoms. The fourth-order valence-corrected chi connectivity index (χ4v) is 5.02. The second-order valence-electron chi connectivity index (χ2n) is 9.88. The summed E-state index contributed by atoms with van der Waals surface area (Å²) in [6.07, 6.45) is 3.77. The van der Waals surface area contributed by atoms with E-state index in [1.807, 2.05) is 50.2 Å². The first-order chi connectivity index (χ1) is 18.4. The highest BCUT2D eigenvalue weighted by Crippen LogP contribution is 2.44. The number of benzene rings is 3. The molecule has 7 nitrogen and oxygen atoms in total. The lowest BCUT2D eigenvalue weighted by Gasteiger charge is -2.26. The van der Waals surface area contributed by atoms with Gasteiger partial charge in [0.25, 0.3) is 5.91 Å². The van der Waals surface area contributed by atoms with Gasteiger partial charge in [-0.3, -0.25) is 9.69 Å². The Labute approximate surface area is 222 Å². The quantitative estimate of drug-likeness (QED) is 0.276. The van der Waals surface area contributed by atoms with Crippen LogP contribution >= 0.6 is 0 Å². The molecule has 5 rings (SSSR count). The van der Waals surface area contributed by atoms with E-state index < -0.39 is 0 Å². The normalized spacial score (nSPS) is 13.9. The van der Waals surface area contributed by atoms with E-state index in [-0.39, 0.29) is 28.9 Å². The number of aromatic hydroxyl groups is 2. The predicted molar refractivity (Wildman–Crippen MR) is 148 cm³/mol. The third-order valence-corrected chi connectivity index (χ3v) is 7.06. The Morgan fingerprint density at radius 2 is 1.58 bits per heavy atom. The van der Waals surface area contributed by atoms with Crippen LogP contribution in [-0.4, -0.2) is 45.8 Å². The van der Waals surface area contributed by atoms with Crippen molar-refractivity contribution in [1.82, 2.24) is 15.4 Å². The molecule has 0 aliphatic carbocycles. The topological polar surface area (TPSA) is 98.8 Å². The second kappa shape index (κ2) is 11.1. The zero-order valence-electron chi connectivity index (χ0n) is 21.8. The highest BCUT2D eigenvalue weighted by atomic mass is 16.5. The molecule has 0 bridgehead atoms. The van der Waals surface area contributed by atoms with Crippen LogP contribution in [0.3, 0.4) is 0 Å². The molecule has 1 amide bonds. The van der Waals surface area contributed by atoms with Gasteiger partial charge in [-0.1, -0.05) is 65.7 Å². The van der Waals surface area contributed by atoms with Gasteiger partial charge in [-0.2, -0.15) is 0 Å². The van der Waals surface area contributed by atoms with Gasteiger partial charge in [0.15, 0.2) is 11.5 Å². The maximum absolute atomic E-state index is 12.9. The molecule has 2 heterocycles. The summed E-state index contributed by atoms with van der Waals surface area (Å²) in [6.45, 7) is 7.39. The van der Waals surface area contributed by atoms with Crippen LogP contribution in [-0.2, 0) is 6.54 Å². The Kier molecular flexibility index (Phi) is 7.47. The van der Waals surface area contributed by atoms with Crippen LogP contribution in [0, 0.1) is 6.92 Å². The van der Waals surface area contributed by atoms with Gasteiger partial charge in [0, 0.05) is 24.7 Å². The number of hydrogen-bond acceptors (Lipinski definition) is 6. The third kappa shape index (κ3) is 5.29. The SMILES string of the molecule is CCNC(=O)c1noc(-c2cc(-c3ccc(C)cc3)c(O)cc2O)c1-c1ccc(CN2CCCCC2)cc1. The Balaban J connectivity index is 1.57. The summed E-state index contributed by atoms with van der Waals surface area (Å²) in [5.41, 5.74) is 5.37. The van der Waals surface area contributed by atoms with Crippen LogP contribution in [0.25, 0.3) is 33.6 Å². The number of phenols is 2. The molecule has 1 fully saturated rings. The van der Waals surface area contributed by atoms with Crippen LogP contribution in [0.2, 0.25) is 0 Å². The van der Waals surface area contributed by atoms with E-state index >= 15 is 0 Å². The van der Waals surface area contributed by atoms with Crippen LogP contribution in [0.4, 0.5) is 0 Å². The standard InChI is InChI=1S/C31H33N3O4/c1-3-32-31(37)29-28(23-13-9-21(10-14-23)19-34-15-5-4-6-16-34)30(38-33-29)25-17-24(26(35)18-27(25)36)22-11-7-20(2)8-12-22/h7-14,17-18,35-36H,3-6,15-16,19H2,1-2H3,(H,32,37). The van der Waals surface area contributed by atoms with Crippen molar-refractivity contribution >= 4 is 5.91 Å². The Hall–Kier alpha value is -4.10. The van der Waals surface area contributed by atoms with Gasteiger partial charge in [0.2, 0.25) is 0 Å². The molecule has 1 aliphatic rings. The van der Waals surface area contributed by atoms with Gasteiger partial charge < -0.3 is 20.1 Å². The van der Waals surface area contributed by atoms with Gasteiger partial charge in [-0.05, 0) is 62.5 Å². The van der Waals surface area contributed by atoms with Gasteiger partial charge in [-0.25, -0.2) is 0 Å². The van der Waals surface area contributed by atoms with Crippen LogP contribution in [0.15, 0.2) is 65.2 Å². The second-order valence-corrected chi connectivity index (χ2v) is 9.88. The third-order valence-electron chi connectivity index (χ3n) is 7.06.